The lowest BCUT2D eigenvalue weighted by Gasteiger charge is -2.34. The van der Waals surface area contributed by atoms with Gasteiger partial charge in [0.1, 0.15) is 5.82 Å². The van der Waals surface area contributed by atoms with Crippen molar-refractivity contribution in [2.75, 3.05) is 18.4 Å². The highest BCUT2D eigenvalue weighted by atomic mass is 16.2. The van der Waals surface area contributed by atoms with Crippen molar-refractivity contribution in [1.29, 1.82) is 0 Å². The molecule has 0 atom stereocenters. The van der Waals surface area contributed by atoms with Gasteiger partial charge in [0.2, 0.25) is 5.91 Å². The van der Waals surface area contributed by atoms with Crippen molar-refractivity contribution in [2.24, 2.45) is 5.92 Å². The summed E-state index contributed by atoms with van der Waals surface area (Å²) in [6, 6.07) is 6.46. The Morgan fingerprint density at radius 3 is 2.57 bits per heavy atom. The van der Waals surface area contributed by atoms with Crippen LogP contribution >= 0.6 is 0 Å². The summed E-state index contributed by atoms with van der Waals surface area (Å²) in [5.74, 6) is 1.49. The molecule has 1 aliphatic heterocycles. The van der Waals surface area contributed by atoms with E-state index in [0.717, 1.165) is 50.3 Å². The third kappa shape index (κ3) is 4.19. The van der Waals surface area contributed by atoms with Crippen LogP contribution in [0.25, 0.3) is 0 Å². The van der Waals surface area contributed by atoms with Gasteiger partial charge in [-0.3, -0.25) is 4.79 Å². The van der Waals surface area contributed by atoms with Crippen LogP contribution in [-0.2, 0) is 4.79 Å². The highest BCUT2D eigenvalue weighted by Crippen LogP contribution is 2.19. The van der Waals surface area contributed by atoms with Crippen molar-refractivity contribution in [1.82, 2.24) is 9.88 Å². The monoisotopic (exact) mass is 289 g/mol. The second-order valence-electron chi connectivity index (χ2n) is 5.92. The van der Waals surface area contributed by atoms with Gasteiger partial charge in [-0.25, -0.2) is 4.98 Å². The van der Waals surface area contributed by atoms with Gasteiger partial charge in [0.15, 0.2) is 0 Å². The second kappa shape index (κ2) is 7.43. The first-order valence-electron chi connectivity index (χ1n) is 8.13. The van der Waals surface area contributed by atoms with E-state index < -0.39 is 0 Å². The molecule has 0 aliphatic carbocycles. The summed E-state index contributed by atoms with van der Waals surface area (Å²) < 4.78 is 0. The lowest BCUT2D eigenvalue weighted by atomic mass is 9.98. The minimum absolute atomic E-state index is 0.202. The van der Waals surface area contributed by atoms with Crippen LogP contribution in [0.3, 0.4) is 0 Å². The lowest BCUT2D eigenvalue weighted by molar-refractivity contribution is -0.136. The molecule has 1 N–H and O–H groups in total. The Kier molecular flexibility index (Phi) is 5.59. The highest BCUT2D eigenvalue weighted by molar-refractivity contribution is 5.78. The van der Waals surface area contributed by atoms with Gasteiger partial charge in [-0.1, -0.05) is 19.9 Å². The number of hydrogen-bond acceptors (Lipinski definition) is 3. The molecule has 1 aliphatic rings. The number of amides is 1. The molecule has 1 saturated heterocycles. The summed E-state index contributed by atoms with van der Waals surface area (Å²) >= 11 is 0. The van der Waals surface area contributed by atoms with Crippen molar-refractivity contribution in [3.05, 3.63) is 23.9 Å². The minimum atomic E-state index is 0.202. The summed E-state index contributed by atoms with van der Waals surface area (Å²) in [5, 5.41) is 3.49. The number of hydrogen-bond donors (Lipinski definition) is 1. The van der Waals surface area contributed by atoms with E-state index in [9.17, 15) is 4.79 Å². The Morgan fingerprint density at radius 1 is 1.33 bits per heavy atom. The molecular formula is C17H27N3O. The molecule has 0 radical (unpaired) electrons. The maximum absolute atomic E-state index is 12.4. The number of carbonyl (C=O) groups excluding carboxylic acids is 1. The molecule has 0 saturated carbocycles. The van der Waals surface area contributed by atoms with E-state index in [2.05, 4.69) is 24.1 Å². The van der Waals surface area contributed by atoms with Crippen LogP contribution in [0.5, 0.6) is 0 Å². The maximum atomic E-state index is 12.4. The molecule has 1 aromatic rings. The number of rotatable bonds is 5. The number of piperidine rings is 1. The normalized spacial score (nSPS) is 16.3. The Bertz CT molecular complexity index is 463. The zero-order chi connectivity index (χ0) is 15.2. The van der Waals surface area contributed by atoms with Crippen LogP contribution in [-0.4, -0.2) is 34.9 Å². The molecule has 21 heavy (non-hydrogen) atoms. The first-order chi connectivity index (χ1) is 10.1. The van der Waals surface area contributed by atoms with Crippen LogP contribution in [0.1, 0.15) is 45.2 Å². The van der Waals surface area contributed by atoms with Gasteiger partial charge in [0.25, 0.3) is 0 Å². The summed E-state index contributed by atoms with van der Waals surface area (Å²) in [4.78, 5) is 18.9. The molecule has 1 fully saturated rings. The quantitative estimate of drug-likeness (QED) is 0.905. The number of carbonyl (C=O) groups is 1. The van der Waals surface area contributed by atoms with Gasteiger partial charge in [0.05, 0.1) is 0 Å². The number of likely N-dealkylation sites (tertiary alicyclic amines) is 1. The molecule has 1 aromatic heterocycles. The molecule has 0 aromatic carbocycles. The number of nitrogens with zero attached hydrogens (tertiary/aromatic N) is 2. The number of nitrogens with one attached hydrogen (secondary N) is 1. The fourth-order valence-electron chi connectivity index (χ4n) is 2.97. The Morgan fingerprint density at radius 2 is 2.00 bits per heavy atom. The first-order valence-corrected chi connectivity index (χ1v) is 8.13. The smallest absolute Gasteiger partial charge is 0.225 e. The molecule has 4 nitrogen and oxygen atoms in total. The standard InChI is InChI=1S/C17H27N3O/c1-4-14(5-2)17(21)20-11-9-15(10-12-20)19-16-8-6-7-13(3)18-16/h6-8,14-15H,4-5,9-12H2,1-3H3,(H,18,19). The first kappa shape index (κ1) is 15.8. The van der Waals surface area contributed by atoms with Crippen molar-refractivity contribution >= 4 is 11.7 Å². The topological polar surface area (TPSA) is 45.2 Å². The summed E-state index contributed by atoms with van der Waals surface area (Å²) in [5.41, 5.74) is 1.03. The average molecular weight is 289 g/mol. The van der Waals surface area contributed by atoms with Gasteiger partial charge < -0.3 is 10.2 Å². The van der Waals surface area contributed by atoms with E-state index in [4.69, 9.17) is 0 Å². The number of aryl methyl sites for hydroxylation is 1. The molecule has 116 valence electrons. The second-order valence-corrected chi connectivity index (χ2v) is 5.92. The van der Waals surface area contributed by atoms with Gasteiger partial charge in [-0.15, -0.1) is 0 Å². The molecular weight excluding hydrogens is 262 g/mol. The van der Waals surface area contributed by atoms with Crippen LogP contribution in [0.4, 0.5) is 5.82 Å². The van der Waals surface area contributed by atoms with E-state index >= 15 is 0 Å². The Labute approximate surface area is 127 Å². The van der Waals surface area contributed by atoms with Crippen molar-refractivity contribution in [2.45, 2.75) is 52.5 Å². The van der Waals surface area contributed by atoms with Crippen molar-refractivity contribution < 1.29 is 4.79 Å². The molecule has 0 unspecified atom stereocenters. The third-order valence-corrected chi connectivity index (χ3v) is 4.38. The Hall–Kier alpha value is -1.58. The average Bonchev–Trinajstić information content (AvgIpc) is 2.49. The van der Waals surface area contributed by atoms with Gasteiger partial charge in [-0.05, 0) is 44.7 Å². The summed E-state index contributed by atoms with van der Waals surface area (Å²) in [6.07, 6.45) is 3.89. The number of pyridine rings is 1. The fourth-order valence-corrected chi connectivity index (χ4v) is 2.97. The zero-order valence-electron chi connectivity index (χ0n) is 13.4. The molecule has 0 spiro atoms. The molecule has 4 heteroatoms. The summed E-state index contributed by atoms with van der Waals surface area (Å²) in [7, 11) is 0. The SMILES string of the molecule is CCC(CC)C(=O)N1CCC(Nc2cccc(C)n2)CC1. The third-order valence-electron chi connectivity index (χ3n) is 4.38. The number of anilines is 1. The van der Waals surface area contributed by atoms with E-state index in [1.807, 2.05) is 30.0 Å². The van der Waals surface area contributed by atoms with Crippen LogP contribution in [0.15, 0.2) is 18.2 Å². The maximum Gasteiger partial charge on any atom is 0.225 e. The zero-order valence-corrected chi connectivity index (χ0v) is 13.4. The fraction of sp³-hybridized carbons (Fsp3) is 0.647. The molecule has 0 bridgehead atoms. The Balaban J connectivity index is 1.84. The van der Waals surface area contributed by atoms with E-state index in [1.165, 1.54) is 0 Å². The molecule has 2 rings (SSSR count). The van der Waals surface area contributed by atoms with E-state index in [-0.39, 0.29) is 5.92 Å². The van der Waals surface area contributed by atoms with Crippen LogP contribution < -0.4 is 5.32 Å². The summed E-state index contributed by atoms with van der Waals surface area (Å²) in [6.45, 7) is 7.92. The predicted molar refractivity (Wildman–Crippen MR) is 86.3 cm³/mol. The predicted octanol–water partition coefficient (Wildman–Crippen LogP) is 3.23. The van der Waals surface area contributed by atoms with Crippen molar-refractivity contribution in [3.63, 3.8) is 0 Å². The van der Waals surface area contributed by atoms with Crippen LogP contribution in [0.2, 0.25) is 0 Å². The minimum Gasteiger partial charge on any atom is -0.367 e. The number of aromatic nitrogens is 1. The molecule has 1 amide bonds. The van der Waals surface area contributed by atoms with Gasteiger partial charge in [-0.2, -0.15) is 0 Å². The van der Waals surface area contributed by atoms with E-state index in [1.54, 1.807) is 0 Å². The van der Waals surface area contributed by atoms with Crippen LogP contribution in [0, 0.1) is 12.8 Å². The van der Waals surface area contributed by atoms with E-state index in [0.29, 0.717) is 11.9 Å². The van der Waals surface area contributed by atoms with Crippen molar-refractivity contribution in [3.8, 4) is 0 Å². The highest BCUT2D eigenvalue weighted by Gasteiger charge is 2.26. The largest absolute Gasteiger partial charge is 0.367 e. The van der Waals surface area contributed by atoms with Gasteiger partial charge >= 0.3 is 0 Å². The lowest BCUT2D eigenvalue weighted by Crippen LogP contribution is -2.44. The molecule has 2 heterocycles. The van der Waals surface area contributed by atoms with Gasteiger partial charge in [0, 0.05) is 30.7 Å².